The summed E-state index contributed by atoms with van der Waals surface area (Å²) in [6.45, 7) is 2.90. The minimum atomic E-state index is -0.890. The Bertz CT molecular complexity index is 486. The lowest BCUT2D eigenvalue weighted by Crippen LogP contribution is -2.25. The maximum atomic E-state index is 11.7. The fourth-order valence-corrected chi connectivity index (χ4v) is 1.99. The lowest BCUT2D eigenvalue weighted by Gasteiger charge is -2.07. The molecular formula is C14H17NO4. The van der Waals surface area contributed by atoms with E-state index in [-0.39, 0.29) is 11.8 Å². The number of carbonyl (C=O) groups is 2. The molecule has 0 radical (unpaired) electrons. The second kappa shape index (κ2) is 5.73. The van der Waals surface area contributed by atoms with Crippen molar-refractivity contribution in [3.63, 3.8) is 0 Å². The van der Waals surface area contributed by atoms with Crippen molar-refractivity contribution in [2.45, 2.75) is 19.9 Å². The molecule has 0 aliphatic heterocycles. The summed E-state index contributed by atoms with van der Waals surface area (Å²) in [6.07, 6.45) is 0.445. The highest BCUT2D eigenvalue weighted by Gasteiger charge is 2.48. The quantitative estimate of drug-likeness (QED) is 0.814. The highest BCUT2D eigenvalue weighted by atomic mass is 16.5. The van der Waals surface area contributed by atoms with E-state index in [1.807, 2.05) is 31.2 Å². The van der Waals surface area contributed by atoms with Gasteiger partial charge < -0.3 is 15.2 Å². The lowest BCUT2D eigenvalue weighted by molar-refractivity contribution is -0.140. The Morgan fingerprint density at radius 1 is 1.42 bits per heavy atom. The Hall–Kier alpha value is -2.04. The van der Waals surface area contributed by atoms with E-state index >= 15 is 0 Å². The van der Waals surface area contributed by atoms with Crippen LogP contribution in [0.15, 0.2) is 24.3 Å². The molecule has 5 nitrogen and oxygen atoms in total. The van der Waals surface area contributed by atoms with Gasteiger partial charge in [-0.3, -0.25) is 9.59 Å². The van der Waals surface area contributed by atoms with E-state index in [4.69, 9.17) is 9.84 Å². The summed E-state index contributed by atoms with van der Waals surface area (Å²) < 4.78 is 5.37. The summed E-state index contributed by atoms with van der Waals surface area (Å²) in [4.78, 5) is 22.4. The largest absolute Gasteiger partial charge is 0.494 e. The Kier molecular flexibility index (Phi) is 4.04. The number of rotatable bonds is 6. The molecule has 5 heteroatoms. The second-order valence-electron chi connectivity index (χ2n) is 4.59. The van der Waals surface area contributed by atoms with Crippen LogP contribution < -0.4 is 10.1 Å². The van der Waals surface area contributed by atoms with Crippen molar-refractivity contribution in [3.8, 4) is 5.75 Å². The first-order valence-corrected chi connectivity index (χ1v) is 6.34. The molecule has 1 aliphatic rings. The SMILES string of the molecule is CCOc1cccc(CNC(=O)[C@H]2C[C@@H]2C(=O)O)c1. The number of nitrogens with one attached hydrogen (secondary N) is 1. The van der Waals surface area contributed by atoms with E-state index in [0.29, 0.717) is 19.6 Å². The Labute approximate surface area is 111 Å². The van der Waals surface area contributed by atoms with Gasteiger partial charge in [-0.1, -0.05) is 12.1 Å². The topological polar surface area (TPSA) is 75.6 Å². The van der Waals surface area contributed by atoms with Gasteiger partial charge in [0.2, 0.25) is 5.91 Å². The van der Waals surface area contributed by atoms with Crippen LogP contribution in [0.4, 0.5) is 0 Å². The molecule has 1 saturated carbocycles. The third kappa shape index (κ3) is 3.47. The monoisotopic (exact) mass is 263 g/mol. The van der Waals surface area contributed by atoms with E-state index in [1.165, 1.54) is 0 Å². The number of carboxylic acids is 1. The summed E-state index contributed by atoms with van der Waals surface area (Å²) in [7, 11) is 0. The summed E-state index contributed by atoms with van der Waals surface area (Å²) >= 11 is 0. The zero-order valence-corrected chi connectivity index (χ0v) is 10.8. The van der Waals surface area contributed by atoms with Crippen LogP contribution >= 0.6 is 0 Å². The number of benzene rings is 1. The second-order valence-corrected chi connectivity index (χ2v) is 4.59. The van der Waals surface area contributed by atoms with Gasteiger partial charge in [0.1, 0.15) is 5.75 Å². The minimum Gasteiger partial charge on any atom is -0.494 e. The molecule has 1 aromatic carbocycles. The lowest BCUT2D eigenvalue weighted by atomic mass is 10.2. The van der Waals surface area contributed by atoms with Crippen molar-refractivity contribution >= 4 is 11.9 Å². The maximum absolute atomic E-state index is 11.7. The van der Waals surface area contributed by atoms with Gasteiger partial charge >= 0.3 is 5.97 Å². The molecule has 0 unspecified atom stereocenters. The average Bonchev–Trinajstić information content (AvgIpc) is 3.17. The number of ether oxygens (including phenoxy) is 1. The first-order valence-electron chi connectivity index (χ1n) is 6.34. The van der Waals surface area contributed by atoms with Crippen molar-refractivity contribution in [3.05, 3.63) is 29.8 Å². The molecule has 2 N–H and O–H groups in total. The van der Waals surface area contributed by atoms with E-state index in [2.05, 4.69) is 5.32 Å². The molecule has 0 spiro atoms. The van der Waals surface area contributed by atoms with Crippen LogP contribution in [0.5, 0.6) is 5.75 Å². The molecule has 0 heterocycles. The molecule has 0 aromatic heterocycles. The summed E-state index contributed by atoms with van der Waals surface area (Å²) in [5.41, 5.74) is 0.937. The Morgan fingerprint density at radius 3 is 2.84 bits per heavy atom. The van der Waals surface area contributed by atoms with Gasteiger partial charge in [0.25, 0.3) is 0 Å². The van der Waals surface area contributed by atoms with E-state index in [1.54, 1.807) is 0 Å². The van der Waals surface area contributed by atoms with Gasteiger partial charge in [-0.15, -0.1) is 0 Å². The molecule has 102 valence electrons. The molecule has 1 amide bonds. The normalized spacial score (nSPS) is 20.7. The zero-order chi connectivity index (χ0) is 13.8. The van der Waals surface area contributed by atoms with Crippen molar-refractivity contribution in [2.75, 3.05) is 6.61 Å². The Balaban J connectivity index is 1.84. The standard InChI is InChI=1S/C14H17NO4/c1-2-19-10-5-3-4-9(6-10)8-15-13(16)11-7-12(11)14(17)18/h3-6,11-12H,2,7-8H2,1H3,(H,15,16)(H,17,18)/t11-,12-/m0/s1. The first kappa shape index (κ1) is 13.4. The van der Waals surface area contributed by atoms with Crippen molar-refractivity contribution < 1.29 is 19.4 Å². The van der Waals surface area contributed by atoms with Gasteiger partial charge in [0.05, 0.1) is 18.4 Å². The molecular weight excluding hydrogens is 246 g/mol. The molecule has 2 rings (SSSR count). The smallest absolute Gasteiger partial charge is 0.307 e. The van der Waals surface area contributed by atoms with Crippen LogP contribution in [0.3, 0.4) is 0 Å². The van der Waals surface area contributed by atoms with Crippen molar-refractivity contribution in [2.24, 2.45) is 11.8 Å². The average molecular weight is 263 g/mol. The third-order valence-corrected chi connectivity index (χ3v) is 3.12. The van der Waals surface area contributed by atoms with Crippen LogP contribution in [-0.2, 0) is 16.1 Å². The molecule has 1 aromatic rings. The van der Waals surface area contributed by atoms with Crippen molar-refractivity contribution in [1.29, 1.82) is 0 Å². The summed E-state index contributed by atoms with van der Waals surface area (Å²) in [6, 6.07) is 7.48. The van der Waals surface area contributed by atoms with Crippen LogP contribution in [-0.4, -0.2) is 23.6 Å². The van der Waals surface area contributed by atoms with Gasteiger partial charge in [-0.25, -0.2) is 0 Å². The van der Waals surface area contributed by atoms with Gasteiger partial charge in [-0.2, -0.15) is 0 Å². The third-order valence-electron chi connectivity index (χ3n) is 3.12. The Morgan fingerprint density at radius 2 is 2.21 bits per heavy atom. The van der Waals surface area contributed by atoms with Crippen LogP contribution in [0.25, 0.3) is 0 Å². The fraction of sp³-hybridized carbons (Fsp3) is 0.429. The molecule has 1 aliphatic carbocycles. The summed E-state index contributed by atoms with van der Waals surface area (Å²) in [5.74, 6) is -1.18. The molecule has 0 bridgehead atoms. The molecule has 1 fully saturated rings. The zero-order valence-electron chi connectivity index (χ0n) is 10.8. The molecule has 2 atom stereocenters. The minimum absolute atomic E-state index is 0.186. The predicted octanol–water partition coefficient (Wildman–Crippen LogP) is 1.42. The highest BCUT2D eigenvalue weighted by molar-refractivity contribution is 5.89. The number of aliphatic carboxylic acids is 1. The van der Waals surface area contributed by atoms with Crippen molar-refractivity contribution in [1.82, 2.24) is 5.32 Å². The number of carbonyl (C=O) groups excluding carboxylic acids is 1. The maximum Gasteiger partial charge on any atom is 0.307 e. The van der Waals surface area contributed by atoms with Gasteiger partial charge in [0, 0.05) is 6.54 Å². The van der Waals surface area contributed by atoms with E-state index in [9.17, 15) is 9.59 Å². The van der Waals surface area contributed by atoms with Gasteiger partial charge in [-0.05, 0) is 31.0 Å². The number of carboxylic acid groups (broad SMARTS) is 1. The fourth-order valence-electron chi connectivity index (χ4n) is 1.99. The van der Waals surface area contributed by atoms with E-state index < -0.39 is 11.9 Å². The predicted molar refractivity (Wildman–Crippen MR) is 68.7 cm³/mol. The van der Waals surface area contributed by atoms with Crippen LogP contribution in [0, 0.1) is 11.8 Å². The van der Waals surface area contributed by atoms with Gasteiger partial charge in [0.15, 0.2) is 0 Å². The number of hydrogen-bond acceptors (Lipinski definition) is 3. The number of amides is 1. The molecule has 0 saturated heterocycles. The van der Waals surface area contributed by atoms with Crippen LogP contribution in [0.2, 0.25) is 0 Å². The summed E-state index contributed by atoms with van der Waals surface area (Å²) in [5, 5.41) is 11.5. The van der Waals surface area contributed by atoms with Crippen LogP contribution in [0.1, 0.15) is 18.9 Å². The van der Waals surface area contributed by atoms with E-state index in [0.717, 1.165) is 11.3 Å². The first-order chi connectivity index (χ1) is 9.11. The number of hydrogen-bond donors (Lipinski definition) is 2. The highest BCUT2D eigenvalue weighted by Crippen LogP contribution is 2.38. The molecule has 19 heavy (non-hydrogen) atoms.